The van der Waals surface area contributed by atoms with Gasteiger partial charge in [0.25, 0.3) is 0 Å². The van der Waals surface area contributed by atoms with Gasteiger partial charge in [-0.3, -0.25) is 9.78 Å². The number of hydrogen-bond acceptors (Lipinski definition) is 6. The Bertz CT molecular complexity index is 1140. The highest BCUT2D eigenvalue weighted by Crippen LogP contribution is 2.29. The van der Waals surface area contributed by atoms with Crippen LogP contribution in [-0.2, 0) is 35.0 Å². The fourth-order valence-corrected chi connectivity index (χ4v) is 3.47. The first-order valence-electron chi connectivity index (χ1n) is 12.2. The molecule has 0 aliphatic rings. The SMILES string of the molecule is CCCc1[nH]ncc1C(=O)OCC.CCCc1nn(Cc2ccc(C(F)(F)F)cc2)cc1C(=O)OCC. The van der Waals surface area contributed by atoms with Crippen molar-refractivity contribution >= 4 is 11.9 Å². The molecular weight excluding hydrogens is 489 g/mol. The van der Waals surface area contributed by atoms with Crippen molar-refractivity contribution < 1.29 is 32.2 Å². The minimum absolute atomic E-state index is 0.272. The van der Waals surface area contributed by atoms with Crippen molar-refractivity contribution in [1.29, 1.82) is 0 Å². The van der Waals surface area contributed by atoms with E-state index in [0.717, 1.165) is 37.1 Å². The van der Waals surface area contributed by atoms with E-state index in [0.29, 0.717) is 35.4 Å². The summed E-state index contributed by atoms with van der Waals surface area (Å²) in [5.41, 5.74) is 2.45. The van der Waals surface area contributed by atoms with Crippen molar-refractivity contribution in [2.75, 3.05) is 13.2 Å². The molecule has 0 saturated carbocycles. The summed E-state index contributed by atoms with van der Waals surface area (Å²) < 4.78 is 49.2. The van der Waals surface area contributed by atoms with E-state index in [-0.39, 0.29) is 19.1 Å². The zero-order chi connectivity index (χ0) is 27.4. The molecule has 2 heterocycles. The molecule has 0 aliphatic carbocycles. The summed E-state index contributed by atoms with van der Waals surface area (Å²) in [7, 11) is 0. The molecule has 0 fully saturated rings. The molecule has 1 N–H and O–H groups in total. The highest BCUT2D eigenvalue weighted by atomic mass is 19.4. The summed E-state index contributed by atoms with van der Waals surface area (Å²) in [4.78, 5) is 23.3. The lowest BCUT2D eigenvalue weighted by Gasteiger charge is -2.07. The second kappa shape index (κ2) is 14.2. The summed E-state index contributed by atoms with van der Waals surface area (Å²) in [5.74, 6) is -0.723. The van der Waals surface area contributed by atoms with E-state index in [1.54, 1.807) is 24.7 Å². The van der Waals surface area contributed by atoms with Crippen molar-refractivity contribution in [3.05, 3.63) is 70.3 Å². The number of carbonyl (C=O) groups is 2. The molecule has 3 aromatic rings. The van der Waals surface area contributed by atoms with Crippen LogP contribution in [0.15, 0.2) is 36.7 Å². The van der Waals surface area contributed by atoms with E-state index in [1.807, 2.05) is 6.92 Å². The number of nitrogens with zero attached hydrogens (tertiary/aromatic N) is 3. The Morgan fingerprint density at radius 3 is 2.05 bits per heavy atom. The second-order valence-corrected chi connectivity index (χ2v) is 8.08. The van der Waals surface area contributed by atoms with E-state index < -0.39 is 17.7 Å². The molecule has 11 heteroatoms. The van der Waals surface area contributed by atoms with Gasteiger partial charge in [0.05, 0.1) is 37.2 Å². The zero-order valence-electron chi connectivity index (χ0n) is 21.5. The van der Waals surface area contributed by atoms with Gasteiger partial charge in [0.2, 0.25) is 0 Å². The molecule has 0 amide bonds. The van der Waals surface area contributed by atoms with Crippen LogP contribution in [0.25, 0.3) is 0 Å². The number of benzene rings is 1. The first-order valence-corrected chi connectivity index (χ1v) is 12.2. The van der Waals surface area contributed by atoms with E-state index in [1.165, 1.54) is 18.3 Å². The minimum atomic E-state index is -4.35. The predicted octanol–water partition coefficient (Wildman–Crippen LogP) is 5.62. The topological polar surface area (TPSA) is 99.1 Å². The van der Waals surface area contributed by atoms with Crippen LogP contribution >= 0.6 is 0 Å². The van der Waals surface area contributed by atoms with E-state index >= 15 is 0 Å². The van der Waals surface area contributed by atoms with Gasteiger partial charge in [-0.05, 0) is 44.4 Å². The third-order valence-corrected chi connectivity index (χ3v) is 5.16. The van der Waals surface area contributed by atoms with E-state index in [4.69, 9.17) is 9.47 Å². The minimum Gasteiger partial charge on any atom is -0.462 e. The third-order valence-electron chi connectivity index (χ3n) is 5.16. The van der Waals surface area contributed by atoms with E-state index in [2.05, 4.69) is 22.2 Å². The second-order valence-electron chi connectivity index (χ2n) is 8.08. The number of aromatic nitrogens is 4. The van der Waals surface area contributed by atoms with Gasteiger partial charge in [-0.2, -0.15) is 23.4 Å². The van der Waals surface area contributed by atoms with Crippen LogP contribution in [0.2, 0.25) is 0 Å². The molecule has 1 aromatic carbocycles. The smallest absolute Gasteiger partial charge is 0.416 e. The fraction of sp³-hybridized carbons (Fsp3) is 0.462. The van der Waals surface area contributed by atoms with Crippen molar-refractivity contribution in [1.82, 2.24) is 20.0 Å². The van der Waals surface area contributed by atoms with Crippen LogP contribution in [0.3, 0.4) is 0 Å². The molecule has 0 aliphatic heterocycles. The lowest BCUT2D eigenvalue weighted by atomic mass is 10.1. The molecule has 2 aromatic heterocycles. The molecule has 0 atom stereocenters. The largest absolute Gasteiger partial charge is 0.462 e. The highest BCUT2D eigenvalue weighted by Gasteiger charge is 2.30. The van der Waals surface area contributed by atoms with Gasteiger partial charge < -0.3 is 9.47 Å². The summed E-state index contributed by atoms with van der Waals surface area (Å²) in [6.45, 7) is 8.50. The Morgan fingerprint density at radius 2 is 1.51 bits per heavy atom. The number of rotatable bonds is 10. The average Bonchev–Trinajstić information content (AvgIpc) is 3.47. The van der Waals surface area contributed by atoms with Gasteiger partial charge in [-0.25, -0.2) is 9.59 Å². The van der Waals surface area contributed by atoms with Crippen LogP contribution in [0.1, 0.15) is 83.8 Å². The summed E-state index contributed by atoms with van der Waals surface area (Å²) in [6, 6.07) is 4.90. The number of ether oxygens (including phenoxy) is 2. The monoisotopic (exact) mass is 522 g/mol. The molecular formula is C26H33F3N4O4. The third kappa shape index (κ3) is 8.76. The molecule has 37 heavy (non-hydrogen) atoms. The van der Waals surface area contributed by atoms with E-state index in [9.17, 15) is 22.8 Å². The molecule has 0 bridgehead atoms. The Balaban J connectivity index is 0.000000312. The maximum Gasteiger partial charge on any atom is 0.416 e. The predicted molar refractivity (Wildman–Crippen MR) is 131 cm³/mol. The molecule has 202 valence electrons. The average molecular weight is 523 g/mol. The maximum atomic E-state index is 12.6. The van der Waals surface area contributed by atoms with Crippen LogP contribution in [0.4, 0.5) is 13.2 Å². The first kappa shape index (κ1) is 29.6. The number of nitrogens with one attached hydrogen (secondary N) is 1. The molecule has 0 unspecified atom stereocenters. The van der Waals surface area contributed by atoms with Gasteiger partial charge in [0, 0.05) is 11.9 Å². The van der Waals surface area contributed by atoms with Gasteiger partial charge >= 0.3 is 18.1 Å². The number of alkyl halides is 3. The molecule has 3 rings (SSSR count). The Morgan fingerprint density at radius 1 is 0.919 bits per heavy atom. The maximum absolute atomic E-state index is 12.6. The van der Waals surface area contributed by atoms with Crippen molar-refractivity contribution in [2.24, 2.45) is 0 Å². The van der Waals surface area contributed by atoms with Crippen LogP contribution in [-0.4, -0.2) is 45.1 Å². The Kier molecular flexibility index (Phi) is 11.4. The zero-order valence-corrected chi connectivity index (χ0v) is 21.5. The number of aryl methyl sites for hydroxylation is 2. The van der Waals surface area contributed by atoms with Crippen molar-refractivity contribution in [2.45, 2.75) is 66.1 Å². The Labute approximate surface area is 214 Å². The van der Waals surface area contributed by atoms with Crippen molar-refractivity contribution in [3.63, 3.8) is 0 Å². The normalized spacial score (nSPS) is 11.0. The fourth-order valence-electron chi connectivity index (χ4n) is 3.47. The Hall–Kier alpha value is -3.63. The number of H-pyrrole nitrogens is 1. The summed E-state index contributed by atoms with van der Waals surface area (Å²) >= 11 is 0. The highest BCUT2D eigenvalue weighted by molar-refractivity contribution is 5.90. The van der Waals surface area contributed by atoms with Crippen LogP contribution in [0.5, 0.6) is 0 Å². The molecule has 0 saturated heterocycles. The first-order chi connectivity index (χ1) is 17.6. The number of aromatic amines is 1. The lowest BCUT2D eigenvalue weighted by molar-refractivity contribution is -0.137. The standard InChI is InChI=1S/C17H19F3N2O2.C9H14N2O2/c1-3-5-15-14(16(23)24-4-2)11-22(21-15)10-12-6-8-13(9-7-12)17(18,19)20;1-3-5-8-7(6-10-11-8)9(12)13-4-2/h6-9,11H,3-5,10H2,1-2H3;6H,3-5H2,1-2H3,(H,10,11). The van der Waals surface area contributed by atoms with Gasteiger partial charge in [-0.15, -0.1) is 0 Å². The quantitative estimate of drug-likeness (QED) is 0.347. The van der Waals surface area contributed by atoms with Gasteiger partial charge in [0.15, 0.2) is 0 Å². The molecule has 0 radical (unpaired) electrons. The van der Waals surface area contributed by atoms with Crippen molar-refractivity contribution in [3.8, 4) is 0 Å². The van der Waals surface area contributed by atoms with Crippen LogP contribution < -0.4 is 0 Å². The van der Waals surface area contributed by atoms with Crippen LogP contribution in [0, 0.1) is 0 Å². The number of halogens is 3. The number of hydrogen-bond donors (Lipinski definition) is 1. The molecule has 8 nitrogen and oxygen atoms in total. The number of esters is 2. The van der Waals surface area contributed by atoms with Gasteiger partial charge in [0.1, 0.15) is 11.1 Å². The number of carbonyl (C=O) groups excluding carboxylic acids is 2. The summed E-state index contributed by atoms with van der Waals surface area (Å²) in [5, 5.41) is 11.0. The molecule has 0 spiro atoms. The van der Waals surface area contributed by atoms with Gasteiger partial charge in [-0.1, -0.05) is 38.8 Å². The lowest BCUT2D eigenvalue weighted by Crippen LogP contribution is -2.06. The summed E-state index contributed by atoms with van der Waals surface area (Å²) in [6.07, 6.45) is 2.01.